The molecule has 0 radical (unpaired) electrons. The number of ether oxygens (including phenoxy) is 1. The van der Waals surface area contributed by atoms with Crippen molar-refractivity contribution in [3.8, 4) is 5.75 Å². The second-order valence-electron chi connectivity index (χ2n) is 5.51. The van der Waals surface area contributed by atoms with Gasteiger partial charge in [0, 0.05) is 41.2 Å². The molecule has 0 saturated carbocycles. The lowest BCUT2D eigenvalue weighted by atomic mass is 9.90. The van der Waals surface area contributed by atoms with Crippen molar-refractivity contribution in [1.82, 2.24) is 10.3 Å². The Bertz CT molecular complexity index is 754. The van der Waals surface area contributed by atoms with Gasteiger partial charge in [0.1, 0.15) is 6.10 Å². The minimum absolute atomic E-state index is 0.136. The minimum atomic E-state index is -4.91. The Morgan fingerprint density at radius 3 is 2.87 bits per heavy atom. The summed E-state index contributed by atoms with van der Waals surface area (Å²) in [6.45, 7) is 1.56. The van der Waals surface area contributed by atoms with Crippen molar-refractivity contribution in [2.45, 2.75) is 31.5 Å². The highest BCUT2D eigenvalue weighted by Crippen LogP contribution is 2.45. The molecule has 0 aliphatic carbocycles. The first kappa shape index (κ1) is 15.6. The van der Waals surface area contributed by atoms with E-state index in [4.69, 9.17) is 4.74 Å². The number of hydrogen-bond acceptors (Lipinski definition) is 2. The van der Waals surface area contributed by atoms with Crippen molar-refractivity contribution in [2.24, 2.45) is 0 Å². The molecule has 4 nitrogen and oxygen atoms in total. The lowest BCUT2D eigenvalue weighted by molar-refractivity contribution is -0.173. The van der Waals surface area contributed by atoms with Crippen molar-refractivity contribution >= 4 is 16.8 Å². The number of carbonyl (C=O) groups excluding carboxylic acids is 1. The summed E-state index contributed by atoms with van der Waals surface area (Å²) in [6.07, 6.45) is -3.41. The molecule has 1 amide bonds. The number of carbonyl (C=O) groups is 1. The molecule has 2 heterocycles. The van der Waals surface area contributed by atoms with E-state index in [1.807, 2.05) is 5.32 Å². The number of amides is 1. The van der Waals surface area contributed by atoms with E-state index in [2.05, 4.69) is 4.98 Å². The van der Waals surface area contributed by atoms with Gasteiger partial charge in [0.05, 0.1) is 0 Å². The maximum absolute atomic E-state index is 14.1. The molecule has 1 aliphatic rings. The van der Waals surface area contributed by atoms with Gasteiger partial charge < -0.3 is 15.0 Å². The van der Waals surface area contributed by atoms with E-state index in [0.29, 0.717) is 11.1 Å². The molecule has 1 aliphatic heterocycles. The van der Waals surface area contributed by atoms with Crippen molar-refractivity contribution in [2.75, 3.05) is 6.54 Å². The molecule has 2 N–H and O–H groups in total. The number of fused-ring (bicyclic) bond motifs is 3. The lowest BCUT2D eigenvalue weighted by Crippen LogP contribution is -2.38. The summed E-state index contributed by atoms with van der Waals surface area (Å²) < 4.78 is 56.2. The summed E-state index contributed by atoms with van der Waals surface area (Å²) in [4.78, 5) is 13.8. The zero-order valence-corrected chi connectivity index (χ0v) is 12.1. The van der Waals surface area contributed by atoms with Crippen LogP contribution in [-0.2, 0) is 4.79 Å². The van der Waals surface area contributed by atoms with Crippen molar-refractivity contribution in [3.05, 3.63) is 29.7 Å². The van der Waals surface area contributed by atoms with Crippen LogP contribution in [0.3, 0.4) is 0 Å². The molecule has 124 valence electrons. The van der Waals surface area contributed by atoms with Crippen LogP contribution in [-0.4, -0.2) is 29.7 Å². The van der Waals surface area contributed by atoms with Crippen LogP contribution in [0.25, 0.3) is 10.9 Å². The molecule has 1 aromatic heterocycles. The molecule has 0 bridgehead atoms. The molecule has 0 spiro atoms. The quantitative estimate of drug-likeness (QED) is 0.849. The topological polar surface area (TPSA) is 54.1 Å². The molecule has 2 unspecified atom stereocenters. The minimum Gasteiger partial charge on any atom is -0.487 e. The highest BCUT2D eigenvalue weighted by Gasteiger charge is 2.39. The molecule has 2 aromatic rings. The van der Waals surface area contributed by atoms with Gasteiger partial charge in [-0.2, -0.15) is 13.2 Å². The van der Waals surface area contributed by atoms with E-state index in [1.165, 1.54) is 6.07 Å². The number of halogens is 4. The monoisotopic (exact) mass is 330 g/mol. The average Bonchev–Trinajstić information content (AvgIpc) is 3.03. The van der Waals surface area contributed by atoms with Crippen LogP contribution in [0.1, 0.15) is 24.8 Å². The third-order valence-corrected chi connectivity index (χ3v) is 4.04. The van der Waals surface area contributed by atoms with Crippen LogP contribution in [0, 0.1) is 5.82 Å². The molecule has 23 heavy (non-hydrogen) atoms. The number of aromatic amines is 1. The zero-order chi connectivity index (χ0) is 16.8. The zero-order valence-electron chi connectivity index (χ0n) is 12.1. The fraction of sp³-hybridized carbons (Fsp3) is 0.400. The number of H-pyrrole nitrogens is 1. The third-order valence-electron chi connectivity index (χ3n) is 4.04. The molecule has 0 fully saturated rings. The standard InChI is InChI=1S/C15H14F4N2O2/c1-7-8(2-5-21-14(22)15(17,18)19)12-9-3-4-20-11(9)6-10(16)13(12)23-7/h3-4,6-8,20H,2,5H2,1H3,(H,21,22). The second kappa shape index (κ2) is 5.43. The van der Waals surface area contributed by atoms with E-state index in [-0.39, 0.29) is 30.7 Å². The molecule has 8 heteroatoms. The SMILES string of the molecule is CC1Oc2c(F)cc3[nH]ccc3c2C1CCNC(=O)C(F)(F)F. The first-order valence-corrected chi connectivity index (χ1v) is 7.10. The maximum Gasteiger partial charge on any atom is 0.471 e. The van der Waals surface area contributed by atoms with E-state index < -0.39 is 17.9 Å². The van der Waals surface area contributed by atoms with E-state index >= 15 is 0 Å². The third kappa shape index (κ3) is 2.73. The van der Waals surface area contributed by atoms with Gasteiger partial charge in [-0.05, 0) is 19.4 Å². The number of hydrogen-bond donors (Lipinski definition) is 2. The fourth-order valence-electron chi connectivity index (χ4n) is 2.99. The Kier molecular flexibility index (Phi) is 3.69. The Morgan fingerprint density at radius 1 is 1.43 bits per heavy atom. The Morgan fingerprint density at radius 2 is 2.17 bits per heavy atom. The van der Waals surface area contributed by atoms with Gasteiger partial charge in [0.15, 0.2) is 11.6 Å². The van der Waals surface area contributed by atoms with Crippen molar-refractivity contribution < 1.29 is 27.1 Å². The van der Waals surface area contributed by atoms with E-state index in [0.717, 1.165) is 5.39 Å². The van der Waals surface area contributed by atoms with Crippen LogP contribution < -0.4 is 10.1 Å². The van der Waals surface area contributed by atoms with Gasteiger partial charge in [-0.15, -0.1) is 0 Å². The van der Waals surface area contributed by atoms with Gasteiger partial charge in [-0.1, -0.05) is 0 Å². The number of benzene rings is 1. The summed E-state index contributed by atoms with van der Waals surface area (Å²) >= 11 is 0. The molecular weight excluding hydrogens is 316 g/mol. The predicted molar refractivity (Wildman–Crippen MR) is 74.8 cm³/mol. The van der Waals surface area contributed by atoms with Crippen LogP contribution in [0.2, 0.25) is 0 Å². The normalized spacial score (nSPS) is 20.4. The fourth-order valence-corrected chi connectivity index (χ4v) is 2.99. The average molecular weight is 330 g/mol. The van der Waals surface area contributed by atoms with Crippen LogP contribution in [0.5, 0.6) is 5.75 Å². The van der Waals surface area contributed by atoms with Crippen LogP contribution >= 0.6 is 0 Å². The number of nitrogens with one attached hydrogen (secondary N) is 2. The van der Waals surface area contributed by atoms with E-state index in [9.17, 15) is 22.4 Å². The van der Waals surface area contributed by atoms with E-state index in [1.54, 1.807) is 19.2 Å². The molecule has 0 saturated heterocycles. The summed E-state index contributed by atoms with van der Waals surface area (Å²) in [5.41, 5.74) is 1.23. The van der Waals surface area contributed by atoms with Crippen molar-refractivity contribution in [3.63, 3.8) is 0 Å². The van der Waals surface area contributed by atoms with Crippen molar-refractivity contribution in [1.29, 1.82) is 0 Å². The highest BCUT2D eigenvalue weighted by atomic mass is 19.4. The largest absolute Gasteiger partial charge is 0.487 e. The molecule has 3 rings (SSSR count). The first-order valence-electron chi connectivity index (χ1n) is 7.10. The maximum atomic E-state index is 14.1. The summed E-state index contributed by atoms with van der Waals surface area (Å²) in [6, 6.07) is 3.10. The first-order chi connectivity index (χ1) is 10.8. The van der Waals surface area contributed by atoms with Gasteiger partial charge in [0.25, 0.3) is 0 Å². The molecule has 2 atom stereocenters. The summed E-state index contributed by atoms with van der Waals surface area (Å²) in [5, 5.41) is 2.61. The van der Waals surface area contributed by atoms with Gasteiger partial charge in [-0.25, -0.2) is 4.39 Å². The van der Waals surface area contributed by atoms with Crippen LogP contribution in [0.15, 0.2) is 18.3 Å². The summed E-state index contributed by atoms with van der Waals surface area (Å²) in [7, 11) is 0. The highest BCUT2D eigenvalue weighted by molar-refractivity contribution is 5.87. The number of aromatic nitrogens is 1. The van der Waals surface area contributed by atoms with Gasteiger partial charge >= 0.3 is 12.1 Å². The van der Waals surface area contributed by atoms with Gasteiger partial charge in [-0.3, -0.25) is 4.79 Å². The molecular formula is C15H14F4N2O2. The Hall–Kier alpha value is -2.25. The summed E-state index contributed by atoms with van der Waals surface area (Å²) in [5.74, 6) is -2.65. The Labute approximate surface area is 128 Å². The smallest absolute Gasteiger partial charge is 0.471 e. The Balaban J connectivity index is 1.82. The number of rotatable bonds is 3. The predicted octanol–water partition coefficient (Wildman–Crippen LogP) is 3.24. The van der Waals surface area contributed by atoms with Crippen LogP contribution in [0.4, 0.5) is 17.6 Å². The molecule has 1 aromatic carbocycles. The lowest BCUT2D eigenvalue weighted by Gasteiger charge is -2.16. The van der Waals surface area contributed by atoms with Gasteiger partial charge in [0.2, 0.25) is 0 Å². The number of alkyl halides is 3. The second-order valence-corrected chi connectivity index (χ2v) is 5.51.